The number of unbranched alkanes of at least 4 members (excludes halogenated alkanes) is 11. The highest BCUT2D eigenvalue weighted by molar-refractivity contribution is 6.80. The molecule has 0 aromatic carbocycles. The number of ether oxygens (including phenoxy) is 1. The summed E-state index contributed by atoms with van der Waals surface area (Å²) >= 11 is 0. The maximum Gasteiger partial charge on any atom is 0.0527 e. The molecule has 0 heterocycles. The van der Waals surface area contributed by atoms with Crippen LogP contribution in [0.5, 0.6) is 0 Å². The molecule has 0 saturated carbocycles. The van der Waals surface area contributed by atoms with E-state index < -0.39 is 8.07 Å². The zero-order valence-electron chi connectivity index (χ0n) is 18.0. The number of hydrogen-bond donors (Lipinski definition) is 0. The maximum absolute atomic E-state index is 5.37. The Morgan fingerprint density at radius 2 is 1.00 bits per heavy atom. The third-order valence-electron chi connectivity index (χ3n) is 6.07. The van der Waals surface area contributed by atoms with Crippen molar-refractivity contribution in [3.63, 3.8) is 0 Å². The van der Waals surface area contributed by atoms with E-state index in [9.17, 15) is 0 Å². The zero-order chi connectivity index (χ0) is 18.3. The van der Waals surface area contributed by atoms with E-state index in [2.05, 4.69) is 40.8 Å². The summed E-state index contributed by atoms with van der Waals surface area (Å²) in [5.74, 6) is 0. The Balaban J connectivity index is 3.24. The minimum Gasteiger partial charge on any atom is -0.382 e. The van der Waals surface area contributed by atoms with Crippen molar-refractivity contribution in [2.75, 3.05) is 13.2 Å². The fourth-order valence-corrected chi connectivity index (χ4v) is 4.94. The van der Waals surface area contributed by atoms with E-state index in [0.717, 1.165) is 13.2 Å². The molecule has 0 spiro atoms. The Bertz CT molecular complexity index is 268. The third kappa shape index (κ3) is 13.5. The quantitative estimate of drug-likeness (QED) is 0.200. The fourth-order valence-electron chi connectivity index (χ4n) is 3.06. The molecule has 0 aliphatic heterocycles. The fraction of sp³-hybridized carbons (Fsp3) is 1.00. The minimum absolute atomic E-state index is 0.566. The summed E-state index contributed by atoms with van der Waals surface area (Å²) in [6.45, 7) is 16.4. The first-order valence-electron chi connectivity index (χ1n) is 10.9. The number of rotatable bonds is 16. The highest BCUT2D eigenvalue weighted by atomic mass is 28.3. The summed E-state index contributed by atoms with van der Waals surface area (Å²) < 4.78 is 5.37. The first-order valence-corrected chi connectivity index (χ1v) is 14.1. The Hall–Kier alpha value is 0.177. The van der Waals surface area contributed by atoms with Crippen molar-refractivity contribution in [3.05, 3.63) is 0 Å². The lowest BCUT2D eigenvalue weighted by molar-refractivity contribution is 0.143. The van der Waals surface area contributed by atoms with E-state index in [1.165, 1.54) is 83.1 Å². The van der Waals surface area contributed by atoms with Gasteiger partial charge >= 0.3 is 0 Å². The Morgan fingerprint density at radius 3 is 1.38 bits per heavy atom. The summed E-state index contributed by atoms with van der Waals surface area (Å²) in [6.07, 6.45) is 17.1. The summed E-state index contributed by atoms with van der Waals surface area (Å²) in [6, 6.07) is 1.51. The van der Waals surface area contributed by atoms with E-state index in [4.69, 9.17) is 4.74 Å². The molecule has 0 aromatic heterocycles. The van der Waals surface area contributed by atoms with Gasteiger partial charge in [0.15, 0.2) is 0 Å². The van der Waals surface area contributed by atoms with Crippen LogP contribution in [-0.4, -0.2) is 21.3 Å². The van der Waals surface area contributed by atoms with Crippen LogP contribution in [0.4, 0.5) is 0 Å². The smallest absolute Gasteiger partial charge is 0.0527 e. The normalized spacial score (nSPS) is 12.8. The Morgan fingerprint density at radius 1 is 0.625 bits per heavy atom. The summed E-state index contributed by atoms with van der Waals surface area (Å²) in [7, 11) is -1.02. The van der Waals surface area contributed by atoms with E-state index in [0.29, 0.717) is 5.04 Å². The van der Waals surface area contributed by atoms with Crippen molar-refractivity contribution >= 4 is 8.07 Å². The predicted molar refractivity (Wildman–Crippen MR) is 114 cm³/mol. The van der Waals surface area contributed by atoms with Crippen LogP contribution in [0.25, 0.3) is 0 Å². The molecular weight excluding hydrogens is 308 g/mol. The van der Waals surface area contributed by atoms with Crippen molar-refractivity contribution < 1.29 is 4.74 Å². The van der Waals surface area contributed by atoms with Crippen molar-refractivity contribution in [3.8, 4) is 0 Å². The van der Waals surface area contributed by atoms with Crippen LogP contribution in [0, 0.1) is 0 Å². The van der Waals surface area contributed by atoms with Crippen molar-refractivity contribution in [1.82, 2.24) is 0 Å². The summed E-state index contributed by atoms with van der Waals surface area (Å²) in [5, 5.41) is 0.566. The second-order valence-electron chi connectivity index (χ2n) is 9.32. The van der Waals surface area contributed by atoms with Gasteiger partial charge in [0.1, 0.15) is 0 Å². The molecule has 0 bridgehead atoms. The Labute approximate surface area is 155 Å². The highest BCUT2D eigenvalue weighted by Crippen LogP contribution is 2.39. The second kappa shape index (κ2) is 14.4. The largest absolute Gasteiger partial charge is 0.382 e. The maximum atomic E-state index is 5.37. The molecule has 1 nitrogen and oxygen atoms in total. The second-order valence-corrected chi connectivity index (χ2v) is 15.1. The molecular formula is C22H48OSi. The first kappa shape index (κ1) is 24.2. The highest BCUT2D eigenvalue weighted by Gasteiger charge is 2.33. The van der Waals surface area contributed by atoms with E-state index >= 15 is 0 Å². The van der Waals surface area contributed by atoms with Gasteiger partial charge in [-0.1, -0.05) is 111 Å². The molecule has 24 heavy (non-hydrogen) atoms. The van der Waals surface area contributed by atoms with Gasteiger partial charge in [-0.05, 0) is 18.4 Å². The van der Waals surface area contributed by atoms with Crippen LogP contribution in [0.1, 0.15) is 105 Å². The van der Waals surface area contributed by atoms with Crippen LogP contribution in [0.3, 0.4) is 0 Å². The van der Waals surface area contributed by atoms with E-state index in [1.807, 2.05) is 0 Å². The molecule has 146 valence electrons. The lowest BCUT2D eigenvalue weighted by Gasteiger charge is -2.37. The molecule has 0 aromatic rings. The molecule has 0 fully saturated rings. The average Bonchev–Trinajstić information content (AvgIpc) is 2.50. The molecule has 0 radical (unpaired) electrons. The van der Waals surface area contributed by atoms with Crippen LogP contribution < -0.4 is 0 Å². The van der Waals surface area contributed by atoms with Crippen LogP contribution in [0.2, 0.25) is 24.2 Å². The van der Waals surface area contributed by atoms with Gasteiger partial charge in [-0.25, -0.2) is 0 Å². The number of hydrogen-bond acceptors (Lipinski definition) is 1. The molecule has 0 N–H and O–H groups in total. The molecule has 0 unspecified atom stereocenters. The summed E-state index contributed by atoms with van der Waals surface area (Å²) in [5.41, 5.74) is 0. The lowest BCUT2D eigenvalue weighted by Crippen LogP contribution is -2.36. The van der Waals surface area contributed by atoms with Gasteiger partial charge in [-0.2, -0.15) is 0 Å². The van der Waals surface area contributed by atoms with Crippen molar-refractivity contribution in [2.45, 2.75) is 129 Å². The predicted octanol–water partition coefficient (Wildman–Crippen LogP) is 8.21. The lowest BCUT2D eigenvalue weighted by atomic mass is 10.1. The van der Waals surface area contributed by atoms with Gasteiger partial charge in [0, 0.05) is 13.2 Å². The molecule has 0 rings (SSSR count). The molecule has 2 heteroatoms. The molecule has 0 aliphatic rings. The standard InChI is InChI=1S/C22H48OSi/c1-7-23-20-18-16-14-12-10-8-9-11-13-15-17-19-21-24(5,6)22(2,3)4/h7-21H2,1-6H3. The van der Waals surface area contributed by atoms with E-state index in [-0.39, 0.29) is 0 Å². The van der Waals surface area contributed by atoms with Gasteiger partial charge in [0.05, 0.1) is 8.07 Å². The van der Waals surface area contributed by atoms with Gasteiger partial charge in [-0.15, -0.1) is 0 Å². The molecule has 0 aliphatic carbocycles. The van der Waals surface area contributed by atoms with Crippen LogP contribution in [-0.2, 0) is 4.74 Å². The first-order chi connectivity index (χ1) is 11.3. The monoisotopic (exact) mass is 356 g/mol. The molecule has 0 atom stereocenters. The average molecular weight is 357 g/mol. The Kier molecular flexibility index (Phi) is 14.5. The minimum atomic E-state index is -1.02. The van der Waals surface area contributed by atoms with Gasteiger partial charge < -0.3 is 4.74 Å². The topological polar surface area (TPSA) is 9.23 Å². The molecule has 0 saturated heterocycles. The van der Waals surface area contributed by atoms with Gasteiger partial charge in [0.2, 0.25) is 0 Å². The van der Waals surface area contributed by atoms with Crippen molar-refractivity contribution in [1.29, 1.82) is 0 Å². The van der Waals surface area contributed by atoms with Crippen LogP contribution >= 0.6 is 0 Å². The SMILES string of the molecule is CCOCCCCCCCCCCCCCC[Si](C)(C)C(C)(C)C. The zero-order valence-corrected chi connectivity index (χ0v) is 19.0. The third-order valence-corrected chi connectivity index (χ3v) is 11.7. The van der Waals surface area contributed by atoms with Crippen molar-refractivity contribution in [2.24, 2.45) is 0 Å². The molecule has 0 amide bonds. The van der Waals surface area contributed by atoms with Gasteiger partial charge in [0.25, 0.3) is 0 Å². The summed E-state index contributed by atoms with van der Waals surface area (Å²) in [4.78, 5) is 0. The van der Waals surface area contributed by atoms with E-state index in [1.54, 1.807) is 0 Å². The van der Waals surface area contributed by atoms with Gasteiger partial charge in [-0.3, -0.25) is 0 Å². The van der Waals surface area contributed by atoms with Crippen LogP contribution in [0.15, 0.2) is 0 Å².